The summed E-state index contributed by atoms with van der Waals surface area (Å²) >= 11 is 0. The van der Waals surface area contributed by atoms with Gasteiger partial charge in [-0.15, -0.1) is 0 Å². The smallest absolute Gasteiger partial charge is 0.193 e. The molecule has 7 nitrogen and oxygen atoms in total. The molecule has 154 valence electrons. The summed E-state index contributed by atoms with van der Waals surface area (Å²) in [5, 5.41) is 3.85. The summed E-state index contributed by atoms with van der Waals surface area (Å²) in [5.41, 5.74) is 3.57. The van der Waals surface area contributed by atoms with Gasteiger partial charge >= 0.3 is 0 Å². The molecule has 0 amide bonds. The maximum Gasteiger partial charge on any atom is 0.193 e. The lowest BCUT2D eigenvalue weighted by Crippen LogP contribution is -2.61. The van der Waals surface area contributed by atoms with E-state index in [9.17, 15) is 4.79 Å². The zero-order valence-electron chi connectivity index (χ0n) is 17.4. The zero-order chi connectivity index (χ0) is 20.8. The Hall–Kier alpha value is -3.06. The number of hydrogen-bond acceptors (Lipinski definition) is 5. The van der Waals surface area contributed by atoms with E-state index < -0.39 is 0 Å². The van der Waals surface area contributed by atoms with Gasteiger partial charge < -0.3 is 10.3 Å². The maximum atomic E-state index is 12.6. The van der Waals surface area contributed by atoms with Crippen LogP contribution in [-0.4, -0.2) is 35.6 Å². The molecule has 5 rings (SSSR count). The largest absolute Gasteiger partial charge is 0.347 e. The van der Waals surface area contributed by atoms with E-state index in [-0.39, 0.29) is 16.5 Å². The van der Waals surface area contributed by atoms with Crippen molar-refractivity contribution in [3.63, 3.8) is 0 Å². The van der Waals surface area contributed by atoms with Gasteiger partial charge in [-0.05, 0) is 52.0 Å². The normalized spacial score (nSPS) is 27.3. The van der Waals surface area contributed by atoms with Crippen LogP contribution >= 0.6 is 0 Å². The van der Waals surface area contributed by atoms with Gasteiger partial charge in [0.1, 0.15) is 12.1 Å². The lowest BCUT2D eigenvalue weighted by molar-refractivity contribution is 0.124. The van der Waals surface area contributed by atoms with Crippen LogP contribution in [0.1, 0.15) is 51.6 Å². The fourth-order valence-corrected chi connectivity index (χ4v) is 5.13. The summed E-state index contributed by atoms with van der Waals surface area (Å²) in [6, 6.07) is 1.55. The van der Waals surface area contributed by atoms with Crippen LogP contribution in [0.15, 0.2) is 53.7 Å². The third-order valence-electron chi connectivity index (χ3n) is 6.28. The molecule has 30 heavy (non-hydrogen) atoms. The number of hydrogen-bond donors (Lipinski definition) is 2. The van der Waals surface area contributed by atoms with E-state index in [1.54, 1.807) is 47.9 Å². The highest BCUT2D eigenvalue weighted by Crippen LogP contribution is 2.42. The minimum Gasteiger partial charge on any atom is -0.347 e. The van der Waals surface area contributed by atoms with Gasteiger partial charge in [-0.2, -0.15) is 0 Å². The number of H-pyrrole nitrogens is 1. The molecule has 0 unspecified atom stereocenters. The molecule has 2 aliphatic rings. The Bertz CT molecular complexity index is 1130. The first kappa shape index (κ1) is 18.9. The monoisotopic (exact) mass is 402 g/mol. The van der Waals surface area contributed by atoms with Crippen LogP contribution in [0.5, 0.6) is 0 Å². The van der Waals surface area contributed by atoms with Crippen molar-refractivity contribution < 1.29 is 0 Å². The van der Waals surface area contributed by atoms with Gasteiger partial charge in [0, 0.05) is 35.7 Å². The van der Waals surface area contributed by atoms with Gasteiger partial charge in [-0.25, -0.2) is 4.98 Å². The number of aromatic amines is 1. The van der Waals surface area contributed by atoms with Crippen LogP contribution in [-0.2, 0) is 0 Å². The highest BCUT2D eigenvalue weighted by Gasteiger charge is 2.43. The standard InChI is InChI=1S/C23H26N6O/c1-22-4-3-5-23(2,28-22)11-16(10-22)8-17-12-26-19(14-25-17)18-13-27-21(9-20(18)30)29-7-6-24-15-29/h6-9,12-15,28H,3-5,10-11H2,1-2H3,(H,27,30)/t22-,23+. The van der Waals surface area contributed by atoms with Crippen molar-refractivity contribution in [2.75, 3.05) is 0 Å². The number of nitrogens with one attached hydrogen (secondary N) is 2. The molecule has 0 radical (unpaired) electrons. The Morgan fingerprint density at radius 3 is 2.57 bits per heavy atom. The van der Waals surface area contributed by atoms with Gasteiger partial charge in [0.15, 0.2) is 5.43 Å². The Morgan fingerprint density at radius 2 is 1.93 bits per heavy atom. The number of rotatable bonds is 3. The summed E-state index contributed by atoms with van der Waals surface area (Å²) < 4.78 is 1.75. The predicted molar refractivity (Wildman–Crippen MR) is 116 cm³/mol. The average Bonchev–Trinajstić information content (AvgIpc) is 3.22. The first-order chi connectivity index (χ1) is 14.4. The lowest BCUT2D eigenvalue weighted by atomic mass is 9.69. The summed E-state index contributed by atoms with van der Waals surface area (Å²) in [5.74, 6) is 0.661. The van der Waals surface area contributed by atoms with Crippen molar-refractivity contribution in [1.82, 2.24) is 29.8 Å². The van der Waals surface area contributed by atoms with Crippen molar-refractivity contribution in [3.8, 4) is 17.1 Å². The Labute approximate surface area is 175 Å². The van der Waals surface area contributed by atoms with E-state index in [0.29, 0.717) is 17.1 Å². The summed E-state index contributed by atoms with van der Waals surface area (Å²) in [6.07, 6.45) is 18.2. The van der Waals surface area contributed by atoms with E-state index in [1.165, 1.54) is 24.8 Å². The van der Waals surface area contributed by atoms with Crippen LogP contribution in [0, 0.1) is 0 Å². The first-order valence-corrected chi connectivity index (χ1v) is 10.4. The highest BCUT2D eigenvalue weighted by atomic mass is 16.1. The van der Waals surface area contributed by atoms with Crippen LogP contribution in [0.4, 0.5) is 0 Å². The molecule has 2 fully saturated rings. The maximum absolute atomic E-state index is 12.6. The van der Waals surface area contributed by atoms with Gasteiger partial charge in [-0.3, -0.25) is 19.3 Å². The number of imidazole rings is 1. The molecular formula is C23H26N6O. The second-order valence-corrected chi connectivity index (χ2v) is 9.15. The van der Waals surface area contributed by atoms with Crippen molar-refractivity contribution in [2.24, 2.45) is 0 Å². The summed E-state index contributed by atoms with van der Waals surface area (Å²) in [7, 11) is 0. The highest BCUT2D eigenvalue weighted by molar-refractivity contribution is 5.59. The molecule has 3 aromatic heterocycles. The molecule has 2 bridgehead atoms. The SMILES string of the molecule is C[C@]12CCC[C@](C)(CC(=Cc3cnc(-c4c[nH]c(-n5ccnc5)cc4=O)cn3)C1)N2. The van der Waals surface area contributed by atoms with Crippen LogP contribution in [0.2, 0.25) is 0 Å². The van der Waals surface area contributed by atoms with Crippen molar-refractivity contribution in [2.45, 2.75) is 57.0 Å². The van der Waals surface area contributed by atoms with E-state index in [0.717, 1.165) is 18.5 Å². The molecule has 3 aromatic rings. The minimum absolute atomic E-state index is 0.107. The third kappa shape index (κ3) is 3.61. The van der Waals surface area contributed by atoms with Gasteiger partial charge in [0.05, 0.1) is 29.3 Å². The van der Waals surface area contributed by atoms with E-state index in [1.807, 2.05) is 0 Å². The molecule has 0 aromatic carbocycles. The number of fused-ring (bicyclic) bond motifs is 2. The fraction of sp³-hybridized carbons (Fsp3) is 0.391. The second-order valence-electron chi connectivity index (χ2n) is 9.15. The van der Waals surface area contributed by atoms with Crippen LogP contribution in [0.3, 0.4) is 0 Å². The third-order valence-corrected chi connectivity index (χ3v) is 6.28. The molecule has 5 heterocycles. The predicted octanol–water partition coefficient (Wildman–Crippen LogP) is 3.49. The topological polar surface area (TPSA) is 88.5 Å². The molecule has 0 spiro atoms. The number of nitrogens with zero attached hydrogens (tertiary/aromatic N) is 4. The summed E-state index contributed by atoms with van der Waals surface area (Å²) in [4.78, 5) is 28.8. The molecule has 2 saturated heterocycles. The van der Waals surface area contributed by atoms with Crippen molar-refractivity contribution in [1.29, 1.82) is 0 Å². The number of aromatic nitrogens is 5. The molecule has 0 saturated carbocycles. The average molecular weight is 403 g/mol. The molecule has 2 atom stereocenters. The van der Waals surface area contributed by atoms with Gasteiger partial charge in [0.25, 0.3) is 0 Å². The zero-order valence-corrected chi connectivity index (χ0v) is 17.4. The molecular weight excluding hydrogens is 376 g/mol. The number of pyridine rings is 1. The van der Waals surface area contributed by atoms with Crippen LogP contribution in [0.25, 0.3) is 23.2 Å². The Morgan fingerprint density at radius 1 is 1.13 bits per heavy atom. The second kappa shape index (κ2) is 7.02. The molecule has 2 aliphatic heterocycles. The molecule has 7 heteroatoms. The van der Waals surface area contributed by atoms with Crippen molar-refractivity contribution >= 4 is 6.08 Å². The minimum atomic E-state index is -0.107. The Balaban J connectivity index is 1.39. The Kier molecular flexibility index (Phi) is 4.43. The van der Waals surface area contributed by atoms with E-state index in [2.05, 4.69) is 45.2 Å². The van der Waals surface area contributed by atoms with Gasteiger partial charge in [-0.1, -0.05) is 5.57 Å². The lowest BCUT2D eigenvalue weighted by Gasteiger charge is -2.51. The fourth-order valence-electron chi connectivity index (χ4n) is 5.13. The van der Waals surface area contributed by atoms with Crippen molar-refractivity contribution in [3.05, 3.63) is 64.9 Å². The number of piperidine rings is 2. The first-order valence-electron chi connectivity index (χ1n) is 10.4. The van der Waals surface area contributed by atoms with E-state index in [4.69, 9.17) is 0 Å². The van der Waals surface area contributed by atoms with Crippen LogP contribution < -0.4 is 10.7 Å². The van der Waals surface area contributed by atoms with E-state index >= 15 is 0 Å². The quantitative estimate of drug-likeness (QED) is 0.700. The molecule has 2 N–H and O–H groups in total. The molecule has 0 aliphatic carbocycles. The summed E-state index contributed by atoms with van der Waals surface area (Å²) in [6.45, 7) is 4.65. The van der Waals surface area contributed by atoms with Gasteiger partial charge in [0.2, 0.25) is 0 Å².